The lowest BCUT2D eigenvalue weighted by atomic mass is 10.0. The Hall–Kier alpha value is -1.35. The summed E-state index contributed by atoms with van der Waals surface area (Å²) in [5.74, 6) is 0.553. The number of carbonyl (C=O) groups is 1. The lowest BCUT2D eigenvalue weighted by Crippen LogP contribution is -2.29. The summed E-state index contributed by atoms with van der Waals surface area (Å²) in [5, 5.41) is 3.07. The Labute approximate surface area is 116 Å². The molecule has 1 aliphatic heterocycles. The number of hydrogen-bond acceptors (Lipinski definition) is 2. The molecule has 1 aromatic carbocycles. The maximum atomic E-state index is 12.2. The maximum absolute atomic E-state index is 12.2. The van der Waals surface area contributed by atoms with Gasteiger partial charge in [-0.1, -0.05) is 32.0 Å². The van der Waals surface area contributed by atoms with Crippen molar-refractivity contribution in [3.8, 4) is 0 Å². The van der Waals surface area contributed by atoms with Crippen molar-refractivity contribution in [1.29, 1.82) is 0 Å². The van der Waals surface area contributed by atoms with Crippen LogP contribution in [0.15, 0.2) is 24.3 Å². The third kappa shape index (κ3) is 3.57. The Morgan fingerprint density at radius 3 is 2.79 bits per heavy atom. The molecule has 1 heterocycles. The van der Waals surface area contributed by atoms with Crippen LogP contribution >= 0.6 is 0 Å². The zero-order valence-corrected chi connectivity index (χ0v) is 12.1. The van der Waals surface area contributed by atoms with E-state index in [1.54, 1.807) is 0 Å². The number of carbonyl (C=O) groups excluding carboxylic acids is 1. The summed E-state index contributed by atoms with van der Waals surface area (Å²) < 4.78 is 0. The van der Waals surface area contributed by atoms with Crippen LogP contribution in [0.5, 0.6) is 0 Å². The molecule has 3 nitrogen and oxygen atoms in total. The highest BCUT2D eigenvalue weighted by molar-refractivity contribution is 5.92. The van der Waals surface area contributed by atoms with E-state index in [9.17, 15) is 4.79 Å². The number of rotatable bonds is 4. The van der Waals surface area contributed by atoms with E-state index in [2.05, 4.69) is 37.2 Å². The van der Waals surface area contributed by atoms with Gasteiger partial charge in [0.1, 0.15) is 0 Å². The maximum Gasteiger partial charge on any atom is 0.225 e. The molecular weight excluding hydrogens is 236 g/mol. The van der Waals surface area contributed by atoms with Gasteiger partial charge in [0.25, 0.3) is 0 Å². The molecule has 2 rings (SSSR count). The third-order valence-corrected chi connectivity index (χ3v) is 3.95. The molecule has 0 aliphatic carbocycles. The zero-order valence-electron chi connectivity index (χ0n) is 12.1. The molecule has 0 bridgehead atoms. The Morgan fingerprint density at radius 2 is 2.16 bits per heavy atom. The molecule has 0 radical (unpaired) electrons. The highest BCUT2D eigenvalue weighted by Gasteiger charge is 2.23. The normalized spacial score (nSPS) is 19.9. The first kappa shape index (κ1) is 14.1. The van der Waals surface area contributed by atoms with Crippen molar-refractivity contribution in [3.63, 3.8) is 0 Å². The first-order valence-electron chi connectivity index (χ1n) is 7.17. The van der Waals surface area contributed by atoms with Crippen molar-refractivity contribution >= 4 is 11.6 Å². The molecule has 1 aliphatic rings. The molecule has 1 atom stereocenters. The molecule has 3 heteroatoms. The second-order valence-corrected chi connectivity index (χ2v) is 5.77. The minimum absolute atomic E-state index is 0.131. The molecular formula is C16H24N2O. The number of nitrogens with zero attached hydrogens (tertiary/aromatic N) is 1. The van der Waals surface area contributed by atoms with Crippen molar-refractivity contribution in [3.05, 3.63) is 29.8 Å². The van der Waals surface area contributed by atoms with Crippen molar-refractivity contribution in [2.24, 2.45) is 0 Å². The topological polar surface area (TPSA) is 32.3 Å². The number of para-hydroxylation sites is 1. The first-order valence-corrected chi connectivity index (χ1v) is 7.17. The van der Waals surface area contributed by atoms with E-state index >= 15 is 0 Å². The number of likely N-dealkylation sites (tertiary alicyclic amines) is 1. The molecule has 104 valence electrons. The summed E-state index contributed by atoms with van der Waals surface area (Å²) in [6, 6.07) is 8.48. The Balaban J connectivity index is 1.99. The smallest absolute Gasteiger partial charge is 0.225 e. The second kappa shape index (κ2) is 6.20. The summed E-state index contributed by atoms with van der Waals surface area (Å²) in [6.45, 7) is 5.41. The highest BCUT2D eigenvalue weighted by atomic mass is 16.1. The van der Waals surface area contributed by atoms with Crippen LogP contribution in [0, 0.1) is 0 Å². The first-order chi connectivity index (χ1) is 9.08. The van der Waals surface area contributed by atoms with Gasteiger partial charge in [0.15, 0.2) is 0 Å². The molecule has 0 saturated carbocycles. The third-order valence-electron chi connectivity index (χ3n) is 3.95. The van der Waals surface area contributed by atoms with Crippen LogP contribution in [0.25, 0.3) is 0 Å². The largest absolute Gasteiger partial charge is 0.326 e. The van der Waals surface area contributed by atoms with E-state index in [1.165, 1.54) is 12.0 Å². The van der Waals surface area contributed by atoms with Gasteiger partial charge in [0.05, 0.1) is 0 Å². The fourth-order valence-corrected chi connectivity index (χ4v) is 2.77. The van der Waals surface area contributed by atoms with Crippen LogP contribution in [0.4, 0.5) is 5.69 Å². The SMILES string of the molecule is CC(C)c1ccccc1NC(=O)CC1CCCN1C. The van der Waals surface area contributed by atoms with Gasteiger partial charge in [-0.3, -0.25) is 4.79 Å². The summed E-state index contributed by atoms with van der Waals surface area (Å²) in [4.78, 5) is 14.4. The van der Waals surface area contributed by atoms with Crippen LogP contribution < -0.4 is 5.32 Å². The van der Waals surface area contributed by atoms with E-state index in [0.717, 1.165) is 18.7 Å². The van der Waals surface area contributed by atoms with Crippen LogP contribution in [0.2, 0.25) is 0 Å². The Kier molecular flexibility index (Phi) is 4.59. The fourth-order valence-electron chi connectivity index (χ4n) is 2.77. The van der Waals surface area contributed by atoms with Crippen LogP contribution in [-0.2, 0) is 4.79 Å². The van der Waals surface area contributed by atoms with Gasteiger partial charge in [-0.25, -0.2) is 0 Å². The van der Waals surface area contributed by atoms with E-state index in [1.807, 2.05) is 18.2 Å². The fraction of sp³-hybridized carbons (Fsp3) is 0.562. The predicted octanol–water partition coefficient (Wildman–Crippen LogP) is 3.23. The summed E-state index contributed by atoms with van der Waals surface area (Å²) in [6.07, 6.45) is 2.94. The van der Waals surface area contributed by atoms with Gasteiger partial charge in [0, 0.05) is 18.2 Å². The summed E-state index contributed by atoms with van der Waals surface area (Å²) in [7, 11) is 2.10. The van der Waals surface area contributed by atoms with E-state index in [4.69, 9.17) is 0 Å². The number of benzene rings is 1. The number of anilines is 1. The van der Waals surface area contributed by atoms with Gasteiger partial charge < -0.3 is 10.2 Å². The lowest BCUT2D eigenvalue weighted by molar-refractivity contribution is -0.117. The highest BCUT2D eigenvalue weighted by Crippen LogP contribution is 2.24. The zero-order chi connectivity index (χ0) is 13.8. The van der Waals surface area contributed by atoms with Crippen LogP contribution in [0.1, 0.15) is 44.6 Å². The number of amides is 1. The number of hydrogen-bond donors (Lipinski definition) is 1. The second-order valence-electron chi connectivity index (χ2n) is 5.77. The van der Waals surface area contributed by atoms with Gasteiger partial charge in [-0.2, -0.15) is 0 Å². The van der Waals surface area contributed by atoms with Crippen molar-refractivity contribution < 1.29 is 4.79 Å². The molecule has 19 heavy (non-hydrogen) atoms. The van der Waals surface area contributed by atoms with E-state index < -0.39 is 0 Å². The molecule has 0 aromatic heterocycles. The average molecular weight is 260 g/mol. The average Bonchev–Trinajstić information content (AvgIpc) is 2.75. The minimum atomic E-state index is 0.131. The molecule has 1 unspecified atom stereocenters. The monoisotopic (exact) mass is 260 g/mol. The lowest BCUT2D eigenvalue weighted by Gasteiger charge is -2.19. The van der Waals surface area contributed by atoms with Crippen molar-refractivity contribution in [1.82, 2.24) is 4.90 Å². The van der Waals surface area contributed by atoms with Gasteiger partial charge in [0.2, 0.25) is 5.91 Å². The summed E-state index contributed by atoms with van der Waals surface area (Å²) in [5.41, 5.74) is 2.17. The van der Waals surface area contributed by atoms with Crippen LogP contribution in [0.3, 0.4) is 0 Å². The molecule has 1 N–H and O–H groups in total. The molecule has 1 fully saturated rings. The molecule has 1 saturated heterocycles. The minimum Gasteiger partial charge on any atom is -0.326 e. The molecule has 0 spiro atoms. The van der Waals surface area contributed by atoms with E-state index in [0.29, 0.717) is 18.4 Å². The molecule has 1 amide bonds. The Morgan fingerprint density at radius 1 is 1.42 bits per heavy atom. The Bertz CT molecular complexity index is 442. The standard InChI is InChI=1S/C16H24N2O/c1-12(2)14-8-4-5-9-15(14)17-16(19)11-13-7-6-10-18(13)3/h4-5,8-9,12-13H,6-7,10-11H2,1-3H3,(H,17,19). The van der Waals surface area contributed by atoms with Crippen molar-refractivity contribution in [2.75, 3.05) is 18.9 Å². The predicted molar refractivity (Wildman–Crippen MR) is 79.4 cm³/mol. The van der Waals surface area contributed by atoms with Crippen molar-refractivity contribution in [2.45, 2.75) is 45.1 Å². The summed E-state index contributed by atoms with van der Waals surface area (Å²) >= 11 is 0. The van der Waals surface area contributed by atoms with Gasteiger partial charge in [-0.05, 0) is 44.0 Å². The number of nitrogens with one attached hydrogen (secondary N) is 1. The van der Waals surface area contributed by atoms with Gasteiger partial charge >= 0.3 is 0 Å². The van der Waals surface area contributed by atoms with E-state index in [-0.39, 0.29) is 5.91 Å². The quantitative estimate of drug-likeness (QED) is 0.901. The molecule has 1 aromatic rings. The van der Waals surface area contributed by atoms with Crippen LogP contribution in [-0.4, -0.2) is 30.4 Å². The van der Waals surface area contributed by atoms with Gasteiger partial charge in [-0.15, -0.1) is 0 Å².